The summed E-state index contributed by atoms with van der Waals surface area (Å²) in [5.74, 6) is 0.00591. The van der Waals surface area contributed by atoms with Crippen LogP contribution >= 0.6 is 0 Å². The largest absolute Gasteiger partial charge is 0.322 e. The third-order valence-corrected chi connectivity index (χ3v) is 3.52. The van der Waals surface area contributed by atoms with Crippen molar-refractivity contribution >= 4 is 29.9 Å². The molecule has 1 fully saturated rings. The van der Waals surface area contributed by atoms with Crippen molar-refractivity contribution in [2.24, 2.45) is 0 Å². The van der Waals surface area contributed by atoms with Crippen LogP contribution in [-0.2, 0) is 9.59 Å². The van der Waals surface area contributed by atoms with Crippen LogP contribution in [0.1, 0.15) is 25.3 Å². The van der Waals surface area contributed by atoms with Crippen molar-refractivity contribution in [1.82, 2.24) is 4.90 Å². The molecule has 0 bridgehead atoms. The molecule has 1 radical (unpaired) electrons. The third kappa shape index (κ3) is 3.56. The normalized spacial score (nSPS) is 18.0. The summed E-state index contributed by atoms with van der Waals surface area (Å²) >= 11 is 0. The molecule has 1 atom stereocenters. The molecule has 1 heterocycles. The molecule has 0 aliphatic carbocycles. The van der Waals surface area contributed by atoms with E-state index in [1.54, 1.807) is 35.5 Å². The number of hydrogen-bond acceptors (Lipinski definition) is 3. The van der Waals surface area contributed by atoms with Gasteiger partial charge >= 0.3 is 6.03 Å². The second kappa shape index (κ2) is 6.83. The van der Waals surface area contributed by atoms with Crippen molar-refractivity contribution in [2.75, 3.05) is 11.9 Å². The lowest BCUT2D eigenvalue weighted by molar-refractivity contribution is -0.120. The quantitative estimate of drug-likeness (QED) is 0.864. The zero-order valence-electron chi connectivity index (χ0n) is 11.8. The summed E-state index contributed by atoms with van der Waals surface area (Å²) in [7, 11) is 0. The first-order chi connectivity index (χ1) is 10.1. The summed E-state index contributed by atoms with van der Waals surface area (Å²) < 4.78 is 0. The molecule has 109 valence electrons. The van der Waals surface area contributed by atoms with Crippen LogP contribution in [0.4, 0.5) is 10.5 Å². The van der Waals surface area contributed by atoms with Gasteiger partial charge in [-0.3, -0.25) is 9.59 Å². The van der Waals surface area contributed by atoms with E-state index in [1.807, 2.05) is 6.07 Å². The SMILES string of the molecule is CC(=O)C1CCCN1C(=O)Nc1ccccc1/C=C/[C]=O. The third-order valence-electron chi connectivity index (χ3n) is 3.52. The molecule has 2 rings (SSSR count). The van der Waals surface area contributed by atoms with Gasteiger partial charge in [0.15, 0.2) is 5.78 Å². The van der Waals surface area contributed by atoms with E-state index >= 15 is 0 Å². The average Bonchev–Trinajstić information content (AvgIpc) is 2.96. The number of amides is 2. The first kappa shape index (κ1) is 15.0. The monoisotopic (exact) mass is 285 g/mol. The Morgan fingerprint density at radius 3 is 2.86 bits per heavy atom. The first-order valence-electron chi connectivity index (χ1n) is 6.85. The minimum absolute atomic E-state index is 0.00591. The Morgan fingerprint density at radius 2 is 2.14 bits per heavy atom. The lowest BCUT2D eigenvalue weighted by Crippen LogP contribution is -2.42. The Morgan fingerprint density at radius 1 is 1.38 bits per heavy atom. The number of urea groups is 1. The fourth-order valence-corrected chi connectivity index (χ4v) is 2.50. The van der Waals surface area contributed by atoms with Crippen LogP contribution in [-0.4, -0.2) is 35.6 Å². The van der Waals surface area contributed by atoms with E-state index in [2.05, 4.69) is 5.32 Å². The van der Waals surface area contributed by atoms with Crippen molar-refractivity contribution in [3.05, 3.63) is 35.9 Å². The summed E-state index contributed by atoms with van der Waals surface area (Å²) in [6.45, 7) is 2.09. The summed E-state index contributed by atoms with van der Waals surface area (Å²) in [6.07, 6.45) is 6.05. The Kier molecular flexibility index (Phi) is 4.87. The molecule has 1 N–H and O–H groups in total. The summed E-state index contributed by atoms with van der Waals surface area (Å²) in [4.78, 5) is 35.7. The topological polar surface area (TPSA) is 66.5 Å². The van der Waals surface area contributed by atoms with Gasteiger partial charge in [0.1, 0.15) is 0 Å². The van der Waals surface area contributed by atoms with Crippen molar-refractivity contribution in [1.29, 1.82) is 0 Å². The fraction of sp³-hybridized carbons (Fsp3) is 0.312. The van der Waals surface area contributed by atoms with Gasteiger partial charge in [-0.25, -0.2) is 4.79 Å². The molecule has 1 aliphatic rings. The number of ketones is 1. The number of rotatable bonds is 4. The molecule has 0 aromatic heterocycles. The smallest absolute Gasteiger partial charge is 0.315 e. The summed E-state index contributed by atoms with van der Waals surface area (Å²) in [5.41, 5.74) is 1.32. The Balaban J connectivity index is 2.14. The van der Waals surface area contributed by atoms with Gasteiger partial charge in [-0.1, -0.05) is 18.2 Å². The molecule has 1 unspecified atom stereocenters. The molecule has 2 amide bonds. The number of nitrogens with one attached hydrogen (secondary N) is 1. The number of para-hydroxylation sites is 1. The minimum Gasteiger partial charge on any atom is -0.315 e. The number of carbonyl (C=O) groups excluding carboxylic acids is 3. The molecule has 0 spiro atoms. The molecular formula is C16H17N2O3. The van der Waals surface area contributed by atoms with Gasteiger partial charge in [0.05, 0.1) is 6.04 Å². The van der Waals surface area contributed by atoms with Crippen molar-refractivity contribution in [3.8, 4) is 0 Å². The number of Topliss-reactive ketones (excluding diaryl/α,β-unsaturated/α-hetero) is 1. The number of nitrogens with zero attached hydrogens (tertiary/aromatic N) is 1. The molecule has 1 aromatic carbocycles. The van der Waals surface area contributed by atoms with Crippen LogP contribution in [0.5, 0.6) is 0 Å². The van der Waals surface area contributed by atoms with E-state index in [4.69, 9.17) is 0 Å². The zero-order chi connectivity index (χ0) is 15.2. The van der Waals surface area contributed by atoms with E-state index in [0.717, 1.165) is 6.42 Å². The van der Waals surface area contributed by atoms with Crippen LogP contribution in [0.15, 0.2) is 30.3 Å². The molecule has 1 aromatic rings. The maximum Gasteiger partial charge on any atom is 0.322 e. The highest BCUT2D eigenvalue weighted by atomic mass is 16.2. The number of benzene rings is 1. The zero-order valence-corrected chi connectivity index (χ0v) is 11.8. The molecule has 1 aliphatic heterocycles. The highest BCUT2D eigenvalue weighted by molar-refractivity contribution is 5.96. The maximum atomic E-state index is 12.3. The van der Waals surface area contributed by atoms with Gasteiger partial charge < -0.3 is 10.2 Å². The minimum atomic E-state index is -0.337. The molecule has 1 saturated heterocycles. The van der Waals surface area contributed by atoms with Gasteiger partial charge in [-0.15, -0.1) is 0 Å². The second-order valence-electron chi connectivity index (χ2n) is 4.93. The van der Waals surface area contributed by atoms with E-state index in [9.17, 15) is 14.4 Å². The second-order valence-corrected chi connectivity index (χ2v) is 4.93. The average molecular weight is 285 g/mol. The van der Waals surface area contributed by atoms with Gasteiger partial charge in [0.2, 0.25) is 6.29 Å². The van der Waals surface area contributed by atoms with Crippen molar-refractivity contribution in [3.63, 3.8) is 0 Å². The summed E-state index contributed by atoms with van der Waals surface area (Å²) in [5, 5.41) is 2.80. The van der Waals surface area contributed by atoms with Gasteiger partial charge in [0, 0.05) is 12.2 Å². The van der Waals surface area contributed by atoms with Gasteiger partial charge in [0.25, 0.3) is 0 Å². The number of likely N-dealkylation sites (tertiary alicyclic amines) is 1. The predicted molar refractivity (Wildman–Crippen MR) is 80.6 cm³/mol. The Hall–Kier alpha value is -2.43. The van der Waals surface area contributed by atoms with E-state index in [-0.39, 0.29) is 17.9 Å². The lowest BCUT2D eigenvalue weighted by atomic mass is 10.1. The molecule has 5 nitrogen and oxygen atoms in total. The lowest BCUT2D eigenvalue weighted by Gasteiger charge is -2.23. The molecule has 5 heteroatoms. The standard InChI is InChI=1S/C16H17N2O3/c1-12(20)15-9-4-10-18(15)16(21)17-14-8-3-2-6-13(14)7-5-11-19/h2-3,5-8,15H,4,9-10H2,1H3,(H,17,21)/b7-5+. The highest BCUT2D eigenvalue weighted by Gasteiger charge is 2.31. The first-order valence-corrected chi connectivity index (χ1v) is 6.85. The van der Waals surface area contributed by atoms with Crippen LogP contribution in [0.3, 0.4) is 0 Å². The maximum absolute atomic E-state index is 12.3. The summed E-state index contributed by atoms with van der Waals surface area (Å²) in [6, 6.07) is 6.52. The van der Waals surface area contributed by atoms with Crippen LogP contribution in [0.2, 0.25) is 0 Å². The number of carbonyl (C=O) groups is 2. The number of anilines is 1. The van der Waals surface area contributed by atoms with E-state index in [0.29, 0.717) is 24.2 Å². The van der Waals surface area contributed by atoms with E-state index < -0.39 is 0 Å². The van der Waals surface area contributed by atoms with E-state index in [1.165, 1.54) is 13.0 Å². The molecule has 0 saturated carbocycles. The Bertz CT molecular complexity index is 581. The molecular weight excluding hydrogens is 268 g/mol. The van der Waals surface area contributed by atoms with Crippen LogP contribution < -0.4 is 5.32 Å². The highest BCUT2D eigenvalue weighted by Crippen LogP contribution is 2.21. The van der Waals surface area contributed by atoms with Gasteiger partial charge in [-0.05, 0) is 43.5 Å². The van der Waals surface area contributed by atoms with Crippen LogP contribution in [0.25, 0.3) is 6.08 Å². The van der Waals surface area contributed by atoms with Gasteiger partial charge in [-0.2, -0.15) is 0 Å². The van der Waals surface area contributed by atoms with Crippen molar-refractivity contribution in [2.45, 2.75) is 25.8 Å². The van der Waals surface area contributed by atoms with Crippen molar-refractivity contribution < 1.29 is 14.4 Å². The predicted octanol–water partition coefficient (Wildman–Crippen LogP) is 2.39. The van der Waals surface area contributed by atoms with Crippen LogP contribution in [0, 0.1) is 0 Å². The number of hydrogen-bond donors (Lipinski definition) is 1. The molecule has 21 heavy (non-hydrogen) atoms. The Labute approximate surface area is 123 Å². The fourth-order valence-electron chi connectivity index (χ4n) is 2.50. The number of allylic oxidation sites excluding steroid dienone is 1.